The maximum Gasteiger partial charge on any atom is 0.410 e. The molecule has 3 aliphatic rings. The van der Waals surface area contributed by atoms with Gasteiger partial charge in [-0.05, 0) is 43.5 Å². The van der Waals surface area contributed by atoms with Crippen LogP contribution in [0.4, 0.5) is 4.79 Å². The summed E-state index contributed by atoms with van der Waals surface area (Å²) in [6.07, 6.45) is 2.71. The van der Waals surface area contributed by atoms with Gasteiger partial charge in [-0.1, -0.05) is 6.92 Å². The summed E-state index contributed by atoms with van der Waals surface area (Å²) in [6.45, 7) is 4.37. The van der Waals surface area contributed by atoms with Crippen molar-refractivity contribution in [1.82, 2.24) is 4.90 Å². The highest BCUT2D eigenvalue weighted by Crippen LogP contribution is 2.35. The molecule has 2 aliphatic heterocycles. The summed E-state index contributed by atoms with van der Waals surface area (Å²) >= 11 is 0. The minimum Gasteiger partial charge on any atom is -0.493 e. The predicted octanol–water partition coefficient (Wildman–Crippen LogP) is 3.08. The number of fused-ring (bicyclic) bond motifs is 1. The van der Waals surface area contributed by atoms with Crippen LogP contribution in [0.1, 0.15) is 43.0 Å². The van der Waals surface area contributed by atoms with E-state index in [4.69, 9.17) is 23.7 Å². The first-order valence-corrected chi connectivity index (χ1v) is 11.4. The van der Waals surface area contributed by atoms with E-state index in [1.165, 1.54) is 6.26 Å². The van der Waals surface area contributed by atoms with Crippen molar-refractivity contribution in [3.63, 3.8) is 0 Å². The van der Waals surface area contributed by atoms with Crippen LogP contribution >= 0.6 is 0 Å². The van der Waals surface area contributed by atoms with Gasteiger partial charge in [0, 0.05) is 19.5 Å². The Morgan fingerprint density at radius 1 is 1.12 bits per heavy atom. The van der Waals surface area contributed by atoms with Crippen molar-refractivity contribution in [3.8, 4) is 5.75 Å². The Labute approximate surface area is 192 Å². The van der Waals surface area contributed by atoms with Crippen LogP contribution in [0, 0.1) is 5.92 Å². The molecule has 3 atom stereocenters. The lowest BCUT2D eigenvalue weighted by Crippen LogP contribution is -2.46. The number of esters is 1. The van der Waals surface area contributed by atoms with E-state index in [1.54, 1.807) is 29.2 Å². The van der Waals surface area contributed by atoms with Crippen molar-refractivity contribution in [2.75, 3.05) is 32.9 Å². The molecule has 2 fully saturated rings. The average molecular weight is 459 g/mol. The SMILES string of the molecule is CCCOC(=O)c1ccc(OC2=COC3CC(OC(=O)N4CCOCC4)CCC3C2=O)cc1. The molecule has 33 heavy (non-hydrogen) atoms. The quantitative estimate of drug-likeness (QED) is 0.599. The molecule has 1 aliphatic carbocycles. The highest BCUT2D eigenvalue weighted by atomic mass is 16.6. The maximum absolute atomic E-state index is 13.0. The first-order chi connectivity index (χ1) is 16.0. The van der Waals surface area contributed by atoms with Crippen molar-refractivity contribution in [2.24, 2.45) is 5.92 Å². The second-order valence-corrected chi connectivity index (χ2v) is 8.31. The number of ketones is 1. The largest absolute Gasteiger partial charge is 0.493 e. The smallest absolute Gasteiger partial charge is 0.410 e. The minimum absolute atomic E-state index is 0.126. The van der Waals surface area contributed by atoms with Gasteiger partial charge in [-0.2, -0.15) is 0 Å². The summed E-state index contributed by atoms with van der Waals surface area (Å²) in [5.41, 5.74) is 0.418. The number of nitrogens with zero attached hydrogens (tertiary/aromatic N) is 1. The van der Waals surface area contributed by atoms with Gasteiger partial charge in [-0.3, -0.25) is 4.79 Å². The number of allylic oxidation sites excluding steroid dienone is 1. The van der Waals surface area contributed by atoms with E-state index in [-0.39, 0.29) is 35.8 Å². The molecule has 1 aromatic carbocycles. The van der Waals surface area contributed by atoms with Crippen molar-refractivity contribution in [3.05, 3.63) is 41.9 Å². The Kier molecular flexibility index (Phi) is 7.49. The van der Waals surface area contributed by atoms with Crippen molar-refractivity contribution in [2.45, 2.75) is 44.8 Å². The Morgan fingerprint density at radius 2 is 1.88 bits per heavy atom. The Balaban J connectivity index is 1.31. The number of rotatable bonds is 6. The molecule has 0 N–H and O–H groups in total. The number of hydrogen-bond acceptors (Lipinski definition) is 8. The summed E-state index contributed by atoms with van der Waals surface area (Å²) in [6, 6.07) is 6.42. The van der Waals surface area contributed by atoms with Crippen LogP contribution < -0.4 is 4.74 Å². The van der Waals surface area contributed by atoms with Gasteiger partial charge in [0.15, 0.2) is 0 Å². The second kappa shape index (κ2) is 10.7. The highest BCUT2D eigenvalue weighted by Gasteiger charge is 2.42. The molecule has 2 heterocycles. The number of carbonyl (C=O) groups excluding carboxylic acids is 3. The third-order valence-corrected chi connectivity index (χ3v) is 5.96. The monoisotopic (exact) mass is 459 g/mol. The summed E-state index contributed by atoms with van der Waals surface area (Å²) < 4.78 is 27.5. The first kappa shape index (κ1) is 23.1. The molecular formula is C24H29NO8. The zero-order chi connectivity index (χ0) is 23.2. The molecule has 1 aromatic rings. The van der Waals surface area contributed by atoms with Crippen LogP contribution in [0.25, 0.3) is 0 Å². The van der Waals surface area contributed by atoms with Crippen LogP contribution in [0.2, 0.25) is 0 Å². The summed E-state index contributed by atoms with van der Waals surface area (Å²) in [5, 5.41) is 0. The lowest BCUT2D eigenvalue weighted by Gasteiger charge is -2.37. The lowest BCUT2D eigenvalue weighted by atomic mass is 9.80. The van der Waals surface area contributed by atoms with E-state index in [0.29, 0.717) is 63.5 Å². The Bertz CT molecular complexity index is 890. The lowest BCUT2D eigenvalue weighted by molar-refractivity contribution is -0.132. The molecule has 0 radical (unpaired) electrons. The fourth-order valence-electron chi connectivity index (χ4n) is 4.14. The van der Waals surface area contributed by atoms with Gasteiger partial charge >= 0.3 is 12.1 Å². The zero-order valence-electron chi connectivity index (χ0n) is 18.7. The van der Waals surface area contributed by atoms with Gasteiger partial charge in [0.2, 0.25) is 11.5 Å². The van der Waals surface area contributed by atoms with Gasteiger partial charge in [-0.25, -0.2) is 9.59 Å². The number of ether oxygens (including phenoxy) is 5. The van der Waals surface area contributed by atoms with Crippen LogP contribution in [0.15, 0.2) is 36.3 Å². The maximum atomic E-state index is 13.0. The van der Waals surface area contributed by atoms with Crippen LogP contribution in [-0.4, -0.2) is 67.9 Å². The Morgan fingerprint density at radius 3 is 2.61 bits per heavy atom. The molecule has 0 aromatic heterocycles. The predicted molar refractivity (Wildman–Crippen MR) is 116 cm³/mol. The first-order valence-electron chi connectivity index (χ1n) is 11.4. The third-order valence-electron chi connectivity index (χ3n) is 5.96. The van der Waals surface area contributed by atoms with Crippen LogP contribution in [0.5, 0.6) is 5.75 Å². The van der Waals surface area contributed by atoms with Gasteiger partial charge in [0.05, 0.1) is 31.3 Å². The van der Waals surface area contributed by atoms with E-state index in [0.717, 1.165) is 6.42 Å². The molecule has 9 nitrogen and oxygen atoms in total. The summed E-state index contributed by atoms with van der Waals surface area (Å²) in [4.78, 5) is 38.9. The summed E-state index contributed by atoms with van der Waals surface area (Å²) in [7, 11) is 0. The van der Waals surface area contributed by atoms with E-state index in [1.807, 2.05) is 6.92 Å². The number of carbonyl (C=O) groups is 3. The number of morpholine rings is 1. The molecule has 1 amide bonds. The minimum atomic E-state index is -0.395. The molecule has 178 valence electrons. The van der Waals surface area contributed by atoms with E-state index in [2.05, 4.69) is 0 Å². The normalized spacial score (nSPS) is 24.8. The molecule has 1 saturated heterocycles. The molecule has 1 saturated carbocycles. The Hall–Kier alpha value is -3.07. The molecule has 4 rings (SSSR count). The van der Waals surface area contributed by atoms with Crippen molar-refractivity contribution >= 4 is 17.8 Å². The van der Waals surface area contributed by atoms with Crippen LogP contribution in [0.3, 0.4) is 0 Å². The van der Waals surface area contributed by atoms with Gasteiger partial charge in [0.1, 0.15) is 24.2 Å². The van der Waals surface area contributed by atoms with Crippen molar-refractivity contribution in [1.29, 1.82) is 0 Å². The molecular weight excluding hydrogens is 430 g/mol. The highest BCUT2D eigenvalue weighted by molar-refractivity contribution is 5.96. The second-order valence-electron chi connectivity index (χ2n) is 8.31. The standard InChI is InChI=1S/C24H29NO8/c1-2-11-30-23(27)16-3-5-17(6-4-16)32-21-15-31-20-14-18(7-8-19(20)22(21)26)33-24(28)25-9-12-29-13-10-25/h3-6,15,18-20H,2,7-14H2,1H3. The van der Waals surface area contributed by atoms with E-state index in [9.17, 15) is 14.4 Å². The van der Waals surface area contributed by atoms with Crippen molar-refractivity contribution < 1.29 is 38.1 Å². The fourth-order valence-corrected chi connectivity index (χ4v) is 4.14. The molecule has 0 spiro atoms. The van der Waals surface area contributed by atoms with Crippen LogP contribution in [-0.2, 0) is 23.7 Å². The number of benzene rings is 1. The van der Waals surface area contributed by atoms with E-state index >= 15 is 0 Å². The molecule has 0 bridgehead atoms. The fraction of sp³-hybridized carbons (Fsp3) is 0.542. The zero-order valence-corrected chi connectivity index (χ0v) is 18.7. The average Bonchev–Trinajstić information content (AvgIpc) is 2.85. The number of Topliss-reactive ketones (excluding diaryl/α,β-unsaturated/α-hetero) is 1. The van der Waals surface area contributed by atoms with Gasteiger partial charge in [0.25, 0.3) is 0 Å². The van der Waals surface area contributed by atoms with Gasteiger partial charge in [-0.15, -0.1) is 0 Å². The topological polar surface area (TPSA) is 101 Å². The summed E-state index contributed by atoms with van der Waals surface area (Å²) in [5.74, 6) is -0.311. The molecule has 3 unspecified atom stereocenters. The van der Waals surface area contributed by atoms with E-state index < -0.39 is 5.97 Å². The molecule has 9 heteroatoms. The number of amides is 1. The number of hydrogen-bond donors (Lipinski definition) is 0. The van der Waals surface area contributed by atoms with Gasteiger partial charge < -0.3 is 28.6 Å². The third kappa shape index (κ3) is 5.65.